The van der Waals surface area contributed by atoms with Crippen molar-refractivity contribution in [1.82, 2.24) is 5.32 Å². The Morgan fingerprint density at radius 3 is 2.27 bits per heavy atom. The number of aryl methyl sites for hydroxylation is 1. The summed E-state index contributed by atoms with van der Waals surface area (Å²) in [5, 5.41) is 5.45. The third-order valence-electron chi connectivity index (χ3n) is 4.44. The molecule has 3 amide bonds. The monoisotopic (exact) mass is 423 g/mol. The molecule has 3 aromatic carbocycles. The third kappa shape index (κ3) is 5.84. The van der Waals surface area contributed by atoms with Crippen LogP contribution in [0.2, 0.25) is 0 Å². The largest absolute Gasteiger partial charge is 0.337 e. The summed E-state index contributed by atoms with van der Waals surface area (Å²) in [5.41, 5.74) is 2.22. The first kappa shape index (κ1) is 21.4. The molecule has 5 nitrogen and oxygen atoms in total. The minimum atomic E-state index is -0.586. The van der Waals surface area contributed by atoms with Crippen molar-refractivity contribution in [2.75, 3.05) is 16.2 Å². The minimum Gasteiger partial charge on any atom is -0.337 e. The number of anilines is 2. The Morgan fingerprint density at radius 2 is 1.57 bits per heavy atom. The fourth-order valence-electron chi connectivity index (χ4n) is 2.85. The van der Waals surface area contributed by atoms with E-state index < -0.39 is 11.7 Å². The van der Waals surface area contributed by atoms with Gasteiger partial charge in [0.2, 0.25) is 0 Å². The molecule has 0 aromatic heterocycles. The van der Waals surface area contributed by atoms with Gasteiger partial charge in [0, 0.05) is 12.2 Å². The number of rotatable bonds is 7. The van der Waals surface area contributed by atoms with Crippen LogP contribution in [0.1, 0.15) is 22.3 Å². The van der Waals surface area contributed by atoms with Crippen molar-refractivity contribution in [3.63, 3.8) is 0 Å². The third-order valence-corrected chi connectivity index (χ3v) is 4.85. The zero-order chi connectivity index (χ0) is 21.3. The van der Waals surface area contributed by atoms with Gasteiger partial charge in [0.05, 0.1) is 11.3 Å². The zero-order valence-corrected chi connectivity index (χ0v) is 17.1. The molecule has 0 saturated heterocycles. The lowest BCUT2D eigenvalue weighted by Gasteiger charge is -2.17. The molecule has 0 atom stereocenters. The minimum absolute atomic E-state index is 0.0349. The van der Waals surface area contributed by atoms with Gasteiger partial charge in [-0.3, -0.25) is 4.79 Å². The highest BCUT2D eigenvalue weighted by molar-refractivity contribution is 7.82. The number of halogens is 1. The van der Waals surface area contributed by atoms with Crippen LogP contribution in [0, 0.1) is 5.82 Å². The number of benzene rings is 3. The first-order valence-corrected chi connectivity index (χ1v) is 9.91. The second-order valence-corrected chi connectivity index (χ2v) is 7.01. The number of carbonyl (C=O) groups excluding carboxylic acids is 2. The lowest BCUT2D eigenvalue weighted by molar-refractivity contribution is 0.102. The van der Waals surface area contributed by atoms with E-state index in [2.05, 4.69) is 35.6 Å². The van der Waals surface area contributed by atoms with Crippen LogP contribution in [0.5, 0.6) is 0 Å². The fourth-order valence-corrected chi connectivity index (χ4v) is 3.06. The summed E-state index contributed by atoms with van der Waals surface area (Å²) in [6, 6.07) is 22.0. The molecule has 0 aliphatic heterocycles. The summed E-state index contributed by atoms with van der Waals surface area (Å²) in [5.74, 6) is -1.13. The van der Waals surface area contributed by atoms with E-state index in [0.29, 0.717) is 17.9 Å². The van der Waals surface area contributed by atoms with E-state index in [-0.39, 0.29) is 11.6 Å². The van der Waals surface area contributed by atoms with Gasteiger partial charge in [-0.2, -0.15) is 0 Å². The second-order valence-electron chi connectivity index (χ2n) is 6.61. The molecule has 2 N–H and O–H groups in total. The molecule has 0 heterocycles. The van der Waals surface area contributed by atoms with Crippen molar-refractivity contribution in [2.24, 2.45) is 0 Å². The van der Waals surface area contributed by atoms with E-state index in [0.717, 1.165) is 12.8 Å². The van der Waals surface area contributed by atoms with Crippen molar-refractivity contribution in [2.45, 2.75) is 12.8 Å². The van der Waals surface area contributed by atoms with Gasteiger partial charge >= 0.3 is 6.03 Å². The number of nitrogens with one attached hydrogen (secondary N) is 2. The zero-order valence-electron chi connectivity index (χ0n) is 16.2. The second kappa shape index (κ2) is 10.5. The molecule has 0 saturated carbocycles. The molecule has 3 aromatic rings. The van der Waals surface area contributed by atoms with Crippen LogP contribution in [0.4, 0.5) is 20.6 Å². The molecule has 154 valence electrons. The molecule has 0 fully saturated rings. The van der Waals surface area contributed by atoms with Crippen LogP contribution in [-0.2, 0) is 6.42 Å². The Labute approximate surface area is 180 Å². The topological polar surface area (TPSA) is 61.4 Å². The van der Waals surface area contributed by atoms with Crippen molar-refractivity contribution in [1.29, 1.82) is 0 Å². The Kier molecular flexibility index (Phi) is 7.45. The highest BCUT2D eigenvalue weighted by atomic mass is 32.1. The van der Waals surface area contributed by atoms with E-state index in [1.165, 1.54) is 28.1 Å². The molecule has 0 radical (unpaired) electrons. The molecular weight excluding hydrogens is 401 g/mol. The molecule has 0 aliphatic carbocycles. The van der Waals surface area contributed by atoms with Crippen molar-refractivity contribution >= 4 is 36.1 Å². The molecule has 0 bridgehead atoms. The number of carbonyl (C=O) groups is 2. The van der Waals surface area contributed by atoms with Crippen LogP contribution in [0.15, 0.2) is 78.9 Å². The average Bonchev–Trinajstić information content (AvgIpc) is 2.77. The Balaban J connectivity index is 1.49. The highest BCUT2D eigenvalue weighted by Gasteiger charge is 2.13. The molecule has 3 rings (SSSR count). The van der Waals surface area contributed by atoms with Gasteiger partial charge in [-0.25, -0.2) is 13.5 Å². The van der Waals surface area contributed by atoms with Gasteiger partial charge in [-0.05, 0) is 54.8 Å². The number of thiol groups is 1. The smallest absolute Gasteiger partial charge is 0.331 e. The van der Waals surface area contributed by atoms with Gasteiger partial charge in [0.1, 0.15) is 5.82 Å². The highest BCUT2D eigenvalue weighted by Crippen LogP contribution is 2.20. The Morgan fingerprint density at radius 1 is 0.900 bits per heavy atom. The van der Waals surface area contributed by atoms with E-state index in [1.54, 1.807) is 30.3 Å². The normalized spacial score (nSPS) is 10.3. The molecule has 0 aliphatic rings. The number of hydrogen-bond donors (Lipinski definition) is 3. The summed E-state index contributed by atoms with van der Waals surface area (Å²) >= 11 is 4.25. The van der Waals surface area contributed by atoms with Crippen molar-refractivity contribution < 1.29 is 14.0 Å². The van der Waals surface area contributed by atoms with E-state index in [4.69, 9.17) is 0 Å². The predicted molar refractivity (Wildman–Crippen MR) is 120 cm³/mol. The first-order valence-electron chi connectivity index (χ1n) is 9.51. The number of urea groups is 1. The lowest BCUT2D eigenvalue weighted by atomic mass is 10.1. The van der Waals surface area contributed by atoms with Gasteiger partial charge < -0.3 is 10.6 Å². The van der Waals surface area contributed by atoms with E-state index in [9.17, 15) is 14.0 Å². The first-order chi connectivity index (χ1) is 14.5. The van der Waals surface area contributed by atoms with Crippen LogP contribution in [-0.4, -0.2) is 18.5 Å². The molecule has 0 spiro atoms. The molecule has 7 heteroatoms. The number of hydrogen-bond acceptors (Lipinski definition) is 3. The van der Waals surface area contributed by atoms with Crippen LogP contribution >= 0.6 is 12.8 Å². The Bertz CT molecular complexity index is 997. The van der Waals surface area contributed by atoms with Gasteiger partial charge in [0.25, 0.3) is 5.91 Å². The maximum Gasteiger partial charge on any atom is 0.331 e. The molecular formula is C23H22FN3O2S. The quantitative estimate of drug-likeness (QED) is 0.367. The van der Waals surface area contributed by atoms with Crippen LogP contribution in [0.25, 0.3) is 0 Å². The van der Waals surface area contributed by atoms with Gasteiger partial charge in [-0.15, -0.1) is 0 Å². The summed E-state index contributed by atoms with van der Waals surface area (Å²) < 4.78 is 14.9. The fraction of sp³-hybridized carbons (Fsp3) is 0.130. The van der Waals surface area contributed by atoms with E-state index >= 15 is 0 Å². The van der Waals surface area contributed by atoms with Gasteiger partial charge in [-0.1, -0.05) is 55.3 Å². The number of amides is 3. The summed E-state index contributed by atoms with van der Waals surface area (Å²) in [6.07, 6.45) is 1.70. The van der Waals surface area contributed by atoms with Crippen molar-refractivity contribution in [3.8, 4) is 0 Å². The average molecular weight is 424 g/mol. The standard InChI is InChI=1S/C23H22FN3O2S/c24-21-11-5-4-10-20(21)22(28)26-18-12-14-19(15-13-18)27(30)23(29)25-16-6-9-17-7-2-1-3-8-17/h1-5,7-8,10-15,30H,6,9,16H2,(H,25,29)(H,26,28). The molecule has 30 heavy (non-hydrogen) atoms. The summed E-state index contributed by atoms with van der Waals surface area (Å²) in [6.45, 7) is 0.529. The lowest BCUT2D eigenvalue weighted by Crippen LogP contribution is -2.34. The Hall–Kier alpha value is -3.32. The SMILES string of the molecule is O=C(Nc1ccc(N(S)C(=O)NCCCc2ccccc2)cc1)c1ccccc1F. The van der Waals surface area contributed by atoms with Crippen LogP contribution < -0.4 is 14.9 Å². The van der Waals surface area contributed by atoms with Crippen LogP contribution in [0.3, 0.4) is 0 Å². The van der Waals surface area contributed by atoms with Crippen molar-refractivity contribution in [3.05, 3.63) is 95.8 Å². The maximum atomic E-state index is 13.7. The number of nitrogens with zero attached hydrogens (tertiary/aromatic N) is 1. The molecule has 0 unspecified atom stereocenters. The predicted octanol–water partition coefficient (Wildman–Crippen LogP) is 5.07. The van der Waals surface area contributed by atoms with Gasteiger partial charge in [0.15, 0.2) is 0 Å². The van der Waals surface area contributed by atoms with E-state index in [1.807, 2.05) is 18.2 Å². The summed E-state index contributed by atoms with van der Waals surface area (Å²) in [4.78, 5) is 24.4. The maximum absolute atomic E-state index is 13.7. The summed E-state index contributed by atoms with van der Waals surface area (Å²) in [7, 11) is 0.